The van der Waals surface area contributed by atoms with Gasteiger partial charge in [0.1, 0.15) is 5.82 Å². The van der Waals surface area contributed by atoms with Gasteiger partial charge in [0.25, 0.3) is 0 Å². The molecule has 0 saturated heterocycles. The van der Waals surface area contributed by atoms with Crippen molar-refractivity contribution in [3.8, 4) is 0 Å². The van der Waals surface area contributed by atoms with Crippen molar-refractivity contribution in [3.05, 3.63) is 50.5 Å². The number of imidazole rings is 1. The molecule has 0 aliphatic rings. The Morgan fingerprint density at radius 3 is 2.64 bits per heavy atom. The zero-order valence-corrected chi connectivity index (χ0v) is 14.2. The van der Waals surface area contributed by atoms with Crippen molar-refractivity contribution in [1.82, 2.24) is 9.55 Å². The van der Waals surface area contributed by atoms with Gasteiger partial charge in [-0.2, -0.15) is 0 Å². The number of hydrogen-bond donors (Lipinski definition) is 1. The lowest BCUT2D eigenvalue weighted by Crippen LogP contribution is -2.13. The molecular formula is C15H15Cl3N2O2. The summed E-state index contributed by atoms with van der Waals surface area (Å²) in [7, 11) is 0. The maximum Gasteiger partial charge on any atom is 0.355 e. The summed E-state index contributed by atoms with van der Waals surface area (Å²) in [6.07, 6.45) is 2.55. The van der Waals surface area contributed by atoms with Crippen LogP contribution in [0.1, 0.15) is 41.6 Å². The number of hydrogen-bond acceptors (Lipinski definition) is 2. The van der Waals surface area contributed by atoms with Crippen molar-refractivity contribution >= 4 is 40.8 Å². The molecule has 0 amide bonds. The highest BCUT2D eigenvalue weighted by atomic mass is 35.5. The molecule has 7 heteroatoms. The fourth-order valence-corrected chi connectivity index (χ4v) is 2.94. The lowest BCUT2D eigenvalue weighted by molar-refractivity contribution is 0.0685. The predicted octanol–water partition coefficient (Wildman–Crippen LogP) is 4.93. The van der Waals surface area contributed by atoms with Gasteiger partial charge in [0.2, 0.25) is 0 Å². The molecule has 0 radical (unpaired) electrons. The number of halogens is 3. The van der Waals surface area contributed by atoms with Crippen LogP contribution in [0.15, 0.2) is 18.2 Å². The fraction of sp³-hybridized carbons (Fsp3) is 0.333. The molecule has 1 aromatic heterocycles. The number of rotatable bonds is 6. The van der Waals surface area contributed by atoms with Gasteiger partial charge in [0.05, 0.1) is 6.54 Å². The highest BCUT2D eigenvalue weighted by molar-refractivity contribution is 6.35. The van der Waals surface area contributed by atoms with E-state index in [1.54, 1.807) is 22.8 Å². The summed E-state index contributed by atoms with van der Waals surface area (Å²) in [6, 6.07) is 5.12. The molecule has 1 aromatic carbocycles. The molecule has 118 valence electrons. The van der Waals surface area contributed by atoms with Crippen LogP contribution in [0.25, 0.3) is 0 Å². The van der Waals surface area contributed by atoms with Crippen LogP contribution in [0.4, 0.5) is 0 Å². The minimum absolute atomic E-state index is 0.00342. The van der Waals surface area contributed by atoms with Crippen molar-refractivity contribution < 1.29 is 9.90 Å². The van der Waals surface area contributed by atoms with E-state index in [2.05, 4.69) is 11.9 Å². The maximum absolute atomic E-state index is 11.5. The number of aryl methyl sites for hydroxylation is 1. The quantitative estimate of drug-likeness (QED) is 0.793. The number of benzene rings is 1. The summed E-state index contributed by atoms with van der Waals surface area (Å²) in [4.78, 5) is 15.7. The van der Waals surface area contributed by atoms with Crippen LogP contribution in [-0.4, -0.2) is 20.6 Å². The summed E-state index contributed by atoms with van der Waals surface area (Å²) in [5.41, 5.74) is 0.749. The van der Waals surface area contributed by atoms with Gasteiger partial charge in [-0.3, -0.25) is 0 Å². The molecule has 4 nitrogen and oxygen atoms in total. The molecule has 0 unspecified atom stereocenters. The van der Waals surface area contributed by atoms with E-state index < -0.39 is 5.97 Å². The van der Waals surface area contributed by atoms with Crippen LogP contribution < -0.4 is 0 Å². The predicted molar refractivity (Wildman–Crippen MR) is 88.4 cm³/mol. The summed E-state index contributed by atoms with van der Waals surface area (Å²) < 4.78 is 1.61. The van der Waals surface area contributed by atoms with Gasteiger partial charge in [-0.15, -0.1) is 0 Å². The first-order valence-corrected chi connectivity index (χ1v) is 7.99. The Morgan fingerprint density at radius 2 is 2.05 bits per heavy atom. The molecular weight excluding hydrogens is 347 g/mol. The highest BCUT2D eigenvalue weighted by Gasteiger charge is 2.21. The van der Waals surface area contributed by atoms with Gasteiger partial charge in [-0.25, -0.2) is 9.78 Å². The minimum atomic E-state index is -1.11. The molecule has 0 saturated carbocycles. The fourth-order valence-electron chi connectivity index (χ4n) is 2.19. The number of carboxylic acids is 1. The molecule has 1 N–H and O–H groups in total. The standard InChI is InChI=1S/C15H15Cl3N2O2/c1-2-3-4-12-19-14(18)13(15(21)22)20(12)8-9-5-6-10(16)7-11(9)17/h5-7H,2-4,8H2,1H3,(H,21,22). The molecule has 0 aliphatic heterocycles. The topological polar surface area (TPSA) is 55.1 Å². The average molecular weight is 362 g/mol. The number of aromatic nitrogens is 2. The van der Waals surface area contributed by atoms with E-state index >= 15 is 0 Å². The van der Waals surface area contributed by atoms with E-state index in [0.29, 0.717) is 22.3 Å². The van der Waals surface area contributed by atoms with Crippen LogP contribution in [0.3, 0.4) is 0 Å². The third kappa shape index (κ3) is 3.75. The minimum Gasteiger partial charge on any atom is -0.476 e. The second kappa shape index (κ2) is 7.36. The number of carboxylic acid groups (broad SMARTS) is 1. The first kappa shape index (κ1) is 17.1. The van der Waals surface area contributed by atoms with E-state index in [0.717, 1.165) is 18.4 Å². The lowest BCUT2D eigenvalue weighted by atomic mass is 10.2. The second-order valence-electron chi connectivity index (χ2n) is 4.90. The summed E-state index contributed by atoms with van der Waals surface area (Å²) in [5.74, 6) is -0.458. The summed E-state index contributed by atoms with van der Waals surface area (Å²) in [6.45, 7) is 2.35. The number of unbranched alkanes of at least 4 members (excludes halogenated alkanes) is 1. The van der Waals surface area contributed by atoms with E-state index in [9.17, 15) is 9.90 Å². The SMILES string of the molecule is CCCCc1nc(Cl)c(C(=O)O)n1Cc1ccc(Cl)cc1Cl. The second-order valence-corrected chi connectivity index (χ2v) is 6.10. The van der Waals surface area contributed by atoms with Crippen molar-refractivity contribution in [2.45, 2.75) is 32.7 Å². The molecule has 0 bridgehead atoms. The van der Waals surface area contributed by atoms with Gasteiger partial charge < -0.3 is 9.67 Å². The number of nitrogens with zero attached hydrogens (tertiary/aromatic N) is 2. The molecule has 22 heavy (non-hydrogen) atoms. The first-order chi connectivity index (χ1) is 10.4. The third-order valence-corrected chi connectivity index (χ3v) is 4.15. The normalized spacial score (nSPS) is 10.9. The van der Waals surface area contributed by atoms with Gasteiger partial charge >= 0.3 is 5.97 Å². The molecule has 2 rings (SSSR count). The lowest BCUT2D eigenvalue weighted by Gasteiger charge is -2.11. The van der Waals surface area contributed by atoms with Gasteiger partial charge in [0, 0.05) is 16.5 Å². The Balaban J connectivity index is 2.44. The molecule has 1 heterocycles. The molecule has 0 fully saturated rings. The van der Waals surface area contributed by atoms with Crippen LogP contribution in [-0.2, 0) is 13.0 Å². The van der Waals surface area contributed by atoms with E-state index in [1.807, 2.05) is 0 Å². The van der Waals surface area contributed by atoms with Gasteiger partial charge in [-0.1, -0.05) is 54.2 Å². The zero-order valence-electron chi connectivity index (χ0n) is 11.9. The van der Waals surface area contributed by atoms with Crippen molar-refractivity contribution in [2.75, 3.05) is 0 Å². The van der Waals surface area contributed by atoms with Crippen LogP contribution >= 0.6 is 34.8 Å². The van der Waals surface area contributed by atoms with Crippen LogP contribution in [0, 0.1) is 0 Å². The van der Waals surface area contributed by atoms with Crippen molar-refractivity contribution in [3.63, 3.8) is 0 Å². The van der Waals surface area contributed by atoms with Crippen molar-refractivity contribution in [2.24, 2.45) is 0 Å². The molecule has 2 aromatic rings. The molecule has 0 atom stereocenters. The van der Waals surface area contributed by atoms with Gasteiger partial charge in [0.15, 0.2) is 10.8 Å². The number of carbonyl (C=O) groups is 1. The summed E-state index contributed by atoms with van der Waals surface area (Å²) >= 11 is 18.1. The number of aromatic carboxylic acids is 1. The van der Waals surface area contributed by atoms with E-state index in [4.69, 9.17) is 34.8 Å². The van der Waals surface area contributed by atoms with Gasteiger partial charge in [-0.05, 0) is 24.1 Å². The molecule has 0 aliphatic carbocycles. The molecule has 0 spiro atoms. The average Bonchev–Trinajstić information content (AvgIpc) is 2.75. The monoisotopic (exact) mass is 360 g/mol. The Labute approximate surface area is 143 Å². The van der Waals surface area contributed by atoms with Crippen LogP contribution in [0.2, 0.25) is 15.2 Å². The first-order valence-electron chi connectivity index (χ1n) is 6.86. The van der Waals surface area contributed by atoms with Crippen LogP contribution in [0.5, 0.6) is 0 Å². The Morgan fingerprint density at radius 1 is 1.32 bits per heavy atom. The van der Waals surface area contributed by atoms with E-state index in [-0.39, 0.29) is 17.4 Å². The van der Waals surface area contributed by atoms with Crippen molar-refractivity contribution in [1.29, 1.82) is 0 Å². The third-order valence-electron chi connectivity index (χ3n) is 3.30. The van der Waals surface area contributed by atoms with E-state index in [1.165, 1.54) is 0 Å². The Bertz CT molecular complexity index is 698. The Kier molecular flexibility index (Phi) is 5.73. The highest BCUT2D eigenvalue weighted by Crippen LogP contribution is 2.25. The largest absolute Gasteiger partial charge is 0.476 e. The Hall–Kier alpha value is -1.23. The maximum atomic E-state index is 11.5. The zero-order chi connectivity index (χ0) is 16.3. The smallest absolute Gasteiger partial charge is 0.355 e. The summed E-state index contributed by atoms with van der Waals surface area (Å²) in [5, 5.41) is 10.4.